The topological polar surface area (TPSA) is 76.4 Å². The van der Waals surface area contributed by atoms with E-state index in [0.717, 1.165) is 16.9 Å². The van der Waals surface area contributed by atoms with Crippen LogP contribution in [0.5, 0.6) is 5.75 Å². The number of carbonyl (C=O) groups is 1. The van der Waals surface area contributed by atoms with Gasteiger partial charge in [-0.05, 0) is 43.3 Å². The number of anilines is 2. The van der Waals surface area contributed by atoms with Crippen LogP contribution in [0.4, 0.5) is 16.4 Å². The van der Waals surface area contributed by atoms with E-state index in [1.54, 1.807) is 13.2 Å². The fourth-order valence-corrected chi connectivity index (χ4v) is 2.14. The number of hydrogen-bond donors (Lipinski definition) is 2. The molecule has 1 heterocycles. The molecule has 3 rings (SSSR count). The number of ether oxygens (including phenoxy) is 1. The zero-order chi connectivity index (χ0) is 16.9. The summed E-state index contributed by atoms with van der Waals surface area (Å²) in [5, 5.41) is 9.30. The average Bonchev–Trinajstić information content (AvgIpc) is 3.05. The summed E-state index contributed by atoms with van der Waals surface area (Å²) in [5.74, 6) is 1.03. The van der Waals surface area contributed by atoms with Crippen LogP contribution in [0.2, 0.25) is 0 Å². The first kappa shape index (κ1) is 15.6. The van der Waals surface area contributed by atoms with Gasteiger partial charge in [0.25, 0.3) is 0 Å². The normalized spacial score (nSPS) is 10.2. The zero-order valence-corrected chi connectivity index (χ0v) is 13.4. The molecule has 0 aliphatic carbocycles. The Bertz CT molecular complexity index is 823. The van der Waals surface area contributed by atoms with Gasteiger partial charge in [0.1, 0.15) is 11.4 Å². The number of rotatable bonds is 4. The minimum absolute atomic E-state index is 0.269. The lowest BCUT2D eigenvalue weighted by Crippen LogP contribution is -2.18. The molecule has 2 aromatic carbocycles. The van der Waals surface area contributed by atoms with E-state index in [9.17, 15) is 4.79 Å². The van der Waals surface area contributed by atoms with Crippen molar-refractivity contribution >= 4 is 17.6 Å². The molecule has 0 saturated carbocycles. The predicted molar refractivity (Wildman–Crippen MR) is 92.3 cm³/mol. The van der Waals surface area contributed by atoms with Crippen molar-refractivity contribution in [3.63, 3.8) is 0 Å². The highest BCUT2D eigenvalue weighted by Crippen LogP contribution is 2.24. The standard InChI is InChI=1S/C18H17N3O3/c1-12-3-7-14(8-4-12)19-18(22)20-17-11-16(21-24-17)13-5-9-15(23-2)10-6-13/h3-11H,1-2H3,(H2,19,20,22). The van der Waals surface area contributed by atoms with Crippen molar-refractivity contribution < 1.29 is 14.1 Å². The summed E-state index contributed by atoms with van der Waals surface area (Å²) in [5.41, 5.74) is 3.32. The smallest absolute Gasteiger partial charge is 0.326 e. The Labute approximate surface area is 139 Å². The van der Waals surface area contributed by atoms with Crippen LogP contribution >= 0.6 is 0 Å². The maximum atomic E-state index is 12.0. The van der Waals surface area contributed by atoms with Crippen molar-refractivity contribution in [1.82, 2.24) is 5.16 Å². The fourth-order valence-electron chi connectivity index (χ4n) is 2.14. The lowest BCUT2D eigenvalue weighted by Gasteiger charge is -2.04. The van der Waals surface area contributed by atoms with Crippen molar-refractivity contribution in [2.24, 2.45) is 0 Å². The first-order chi connectivity index (χ1) is 11.6. The third kappa shape index (κ3) is 3.73. The van der Waals surface area contributed by atoms with Crippen LogP contribution in [-0.4, -0.2) is 18.3 Å². The molecule has 0 unspecified atom stereocenters. The van der Waals surface area contributed by atoms with Gasteiger partial charge in [-0.15, -0.1) is 0 Å². The lowest BCUT2D eigenvalue weighted by atomic mass is 10.1. The molecule has 0 saturated heterocycles. The van der Waals surface area contributed by atoms with Crippen molar-refractivity contribution in [1.29, 1.82) is 0 Å². The molecule has 0 spiro atoms. The maximum Gasteiger partial charge on any atom is 0.326 e. The maximum absolute atomic E-state index is 12.0. The van der Waals surface area contributed by atoms with Gasteiger partial charge in [-0.2, -0.15) is 0 Å². The average molecular weight is 323 g/mol. The number of aromatic nitrogens is 1. The van der Waals surface area contributed by atoms with E-state index in [2.05, 4.69) is 15.8 Å². The highest BCUT2D eigenvalue weighted by Gasteiger charge is 2.10. The van der Waals surface area contributed by atoms with Crippen LogP contribution < -0.4 is 15.4 Å². The fraction of sp³-hybridized carbons (Fsp3) is 0.111. The quantitative estimate of drug-likeness (QED) is 0.750. The number of amides is 2. The number of hydrogen-bond acceptors (Lipinski definition) is 4. The summed E-state index contributed by atoms with van der Waals surface area (Å²) in [6.07, 6.45) is 0. The number of nitrogens with one attached hydrogen (secondary N) is 2. The van der Waals surface area contributed by atoms with Gasteiger partial charge >= 0.3 is 6.03 Å². The van der Waals surface area contributed by atoms with Gasteiger partial charge in [0.05, 0.1) is 7.11 Å². The minimum atomic E-state index is -0.392. The molecule has 2 N–H and O–H groups in total. The van der Waals surface area contributed by atoms with E-state index < -0.39 is 6.03 Å². The highest BCUT2D eigenvalue weighted by molar-refractivity contribution is 5.99. The van der Waals surface area contributed by atoms with Crippen molar-refractivity contribution in [3.05, 3.63) is 60.2 Å². The summed E-state index contributed by atoms with van der Waals surface area (Å²) >= 11 is 0. The van der Waals surface area contributed by atoms with E-state index >= 15 is 0 Å². The SMILES string of the molecule is COc1ccc(-c2cc(NC(=O)Nc3ccc(C)cc3)on2)cc1. The molecular weight excluding hydrogens is 306 g/mol. The Morgan fingerprint density at radius 2 is 1.75 bits per heavy atom. The lowest BCUT2D eigenvalue weighted by molar-refractivity contribution is 0.261. The van der Waals surface area contributed by atoms with Crippen LogP contribution in [0.3, 0.4) is 0 Å². The summed E-state index contributed by atoms with van der Waals surface area (Å²) in [7, 11) is 1.61. The Morgan fingerprint density at radius 1 is 1.04 bits per heavy atom. The number of methoxy groups -OCH3 is 1. The third-order valence-corrected chi connectivity index (χ3v) is 3.44. The van der Waals surface area contributed by atoms with E-state index in [0.29, 0.717) is 11.4 Å². The molecular formula is C18H17N3O3. The molecule has 2 amide bonds. The van der Waals surface area contributed by atoms with E-state index in [1.165, 1.54) is 0 Å². The van der Waals surface area contributed by atoms with E-state index in [1.807, 2.05) is 55.5 Å². The van der Waals surface area contributed by atoms with Gasteiger partial charge in [-0.25, -0.2) is 4.79 Å². The summed E-state index contributed by atoms with van der Waals surface area (Å²) < 4.78 is 10.3. The molecule has 1 aromatic heterocycles. The number of urea groups is 1. The van der Waals surface area contributed by atoms with Crippen LogP contribution in [0.25, 0.3) is 11.3 Å². The molecule has 3 aromatic rings. The van der Waals surface area contributed by atoms with Crippen LogP contribution in [-0.2, 0) is 0 Å². The van der Waals surface area contributed by atoms with Gasteiger partial charge in [0.15, 0.2) is 0 Å². The van der Waals surface area contributed by atoms with E-state index in [-0.39, 0.29) is 5.88 Å². The molecule has 24 heavy (non-hydrogen) atoms. The molecule has 122 valence electrons. The van der Waals surface area contributed by atoms with Gasteiger partial charge in [0.2, 0.25) is 5.88 Å². The summed E-state index contributed by atoms with van der Waals surface area (Å²) in [4.78, 5) is 12.0. The van der Waals surface area contributed by atoms with Crippen molar-refractivity contribution in [2.75, 3.05) is 17.7 Å². The van der Waals surface area contributed by atoms with Crippen LogP contribution in [0.1, 0.15) is 5.56 Å². The second-order valence-electron chi connectivity index (χ2n) is 5.25. The monoisotopic (exact) mass is 323 g/mol. The van der Waals surface area contributed by atoms with Gasteiger partial charge in [0, 0.05) is 17.3 Å². The second kappa shape index (κ2) is 6.87. The molecule has 0 bridgehead atoms. The number of nitrogens with zero attached hydrogens (tertiary/aromatic N) is 1. The van der Waals surface area contributed by atoms with Crippen LogP contribution in [0.15, 0.2) is 59.1 Å². The first-order valence-electron chi connectivity index (χ1n) is 7.40. The first-order valence-corrected chi connectivity index (χ1v) is 7.40. The Balaban J connectivity index is 1.64. The highest BCUT2D eigenvalue weighted by atomic mass is 16.5. The molecule has 0 aliphatic rings. The van der Waals surface area contributed by atoms with Gasteiger partial charge in [-0.3, -0.25) is 5.32 Å². The third-order valence-electron chi connectivity index (χ3n) is 3.44. The van der Waals surface area contributed by atoms with Crippen molar-refractivity contribution in [3.8, 4) is 17.0 Å². The van der Waals surface area contributed by atoms with Gasteiger partial charge < -0.3 is 14.6 Å². The summed E-state index contributed by atoms with van der Waals surface area (Å²) in [6.45, 7) is 1.99. The molecule has 6 heteroatoms. The largest absolute Gasteiger partial charge is 0.497 e. The molecule has 0 aliphatic heterocycles. The second-order valence-corrected chi connectivity index (χ2v) is 5.25. The number of benzene rings is 2. The molecule has 6 nitrogen and oxygen atoms in total. The van der Waals surface area contributed by atoms with Crippen molar-refractivity contribution in [2.45, 2.75) is 6.92 Å². The molecule has 0 atom stereocenters. The molecule has 0 radical (unpaired) electrons. The van der Waals surface area contributed by atoms with Crippen LogP contribution in [0, 0.1) is 6.92 Å². The predicted octanol–water partition coefficient (Wildman–Crippen LogP) is 4.30. The zero-order valence-electron chi connectivity index (χ0n) is 13.4. The number of aryl methyl sites for hydroxylation is 1. The van der Waals surface area contributed by atoms with Gasteiger partial charge in [-0.1, -0.05) is 22.9 Å². The Morgan fingerprint density at radius 3 is 2.42 bits per heavy atom. The Hall–Kier alpha value is -3.28. The summed E-state index contributed by atoms with van der Waals surface area (Å²) in [6, 6.07) is 16.2. The number of carbonyl (C=O) groups excluding carboxylic acids is 1. The molecule has 0 fully saturated rings. The minimum Gasteiger partial charge on any atom is -0.497 e. The van der Waals surface area contributed by atoms with E-state index in [4.69, 9.17) is 9.26 Å². The Kier molecular flexibility index (Phi) is 4.47.